The Labute approximate surface area is 44.7 Å². The summed E-state index contributed by atoms with van der Waals surface area (Å²) < 4.78 is 5.14. The molecule has 0 aliphatic carbocycles. The van der Waals surface area contributed by atoms with Crippen LogP contribution in [-0.2, 0) is 4.74 Å². The molecule has 0 spiro atoms. The van der Waals surface area contributed by atoms with E-state index >= 15 is 0 Å². The van der Waals surface area contributed by atoms with Crippen molar-refractivity contribution in [1.29, 1.82) is 0 Å². The van der Waals surface area contributed by atoms with Gasteiger partial charge in [0.05, 0.1) is 12.7 Å². The molecule has 1 aliphatic heterocycles. The predicted octanol–water partition coefficient (Wildman–Crippen LogP) is 1.59. The van der Waals surface area contributed by atoms with Crippen molar-refractivity contribution in [2.45, 2.75) is 26.4 Å². The SMILES string of the molecule is CC1[CH]OC(C)C1. The van der Waals surface area contributed by atoms with Crippen LogP contribution in [0.1, 0.15) is 20.3 Å². The maximum atomic E-state index is 5.14. The maximum Gasteiger partial charge on any atom is 0.0869 e. The molecule has 1 heterocycles. The van der Waals surface area contributed by atoms with E-state index in [1.54, 1.807) is 0 Å². The Kier molecular flexibility index (Phi) is 1.33. The summed E-state index contributed by atoms with van der Waals surface area (Å²) in [5, 5.41) is 0. The largest absolute Gasteiger partial charge is 0.372 e. The number of rotatable bonds is 0. The highest BCUT2D eigenvalue weighted by Crippen LogP contribution is 2.21. The summed E-state index contributed by atoms with van der Waals surface area (Å²) in [5.41, 5.74) is 0. The van der Waals surface area contributed by atoms with Gasteiger partial charge in [-0.15, -0.1) is 0 Å². The Morgan fingerprint density at radius 2 is 2.29 bits per heavy atom. The molecule has 0 aromatic rings. The van der Waals surface area contributed by atoms with Gasteiger partial charge in [-0.05, 0) is 19.3 Å². The molecule has 1 aliphatic rings. The molecule has 0 N–H and O–H groups in total. The normalized spacial score (nSPS) is 42.0. The summed E-state index contributed by atoms with van der Waals surface area (Å²) in [6, 6.07) is 0. The average molecular weight is 99.2 g/mol. The Hall–Kier alpha value is -0.0400. The van der Waals surface area contributed by atoms with E-state index in [1.165, 1.54) is 6.42 Å². The van der Waals surface area contributed by atoms with Crippen molar-refractivity contribution in [3.05, 3.63) is 6.61 Å². The van der Waals surface area contributed by atoms with E-state index in [2.05, 4.69) is 13.8 Å². The Morgan fingerprint density at radius 3 is 2.43 bits per heavy atom. The molecule has 0 aromatic heterocycles. The van der Waals surface area contributed by atoms with Crippen LogP contribution >= 0.6 is 0 Å². The second-order valence-electron chi connectivity index (χ2n) is 2.30. The van der Waals surface area contributed by atoms with E-state index in [0.29, 0.717) is 12.0 Å². The predicted molar refractivity (Wildman–Crippen MR) is 28.6 cm³/mol. The van der Waals surface area contributed by atoms with Crippen LogP contribution in [0.5, 0.6) is 0 Å². The summed E-state index contributed by atoms with van der Waals surface area (Å²) in [6.45, 7) is 6.19. The smallest absolute Gasteiger partial charge is 0.0869 e. The summed E-state index contributed by atoms with van der Waals surface area (Å²) in [7, 11) is 0. The number of ether oxygens (including phenoxy) is 1. The van der Waals surface area contributed by atoms with Gasteiger partial charge in [-0.2, -0.15) is 0 Å². The molecule has 0 bridgehead atoms. The van der Waals surface area contributed by atoms with Gasteiger partial charge in [0, 0.05) is 0 Å². The first kappa shape index (κ1) is 5.10. The molecule has 1 nitrogen and oxygen atoms in total. The minimum Gasteiger partial charge on any atom is -0.372 e. The minimum atomic E-state index is 0.468. The van der Waals surface area contributed by atoms with Gasteiger partial charge in [0.1, 0.15) is 0 Å². The standard InChI is InChI=1S/C6H11O/c1-5-3-6(2)7-4-5/h4-6H,3H2,1-2H3. The van der Waals surface area contributed by atoms with Gasteiger partial charge in [-0.3, -0.25) is 0 Å². The van der Waals surface area contributed by atoms with Gasteiger partial charge in [-0.25, -0.2) is 0 Å². The summed E-state index contributed by atoms with van der Waals surface area (Å²) in [4.78, 5) is 0. The van der Waals surface area contributed by atoms with Gasteiger partial charge < -0.3 is 4.74 Å². The molecule has 2 unspecified atom stereocenters. The van der Waals surface area contributed by atoms with Gasteiger partial charge in [0.2, 0.25) is 0 Å². The van der Waals surface area contributed by atoms with Crippen molar-refractivity contribution in [3.8, 4) is 0 Å². The molecule has 0 amide bonds. The van der Waals surface area contributed by atoms with Crippen molar-refractivity contribution in [1.82, 2.24) is 0 Å². The maximum absolute atomic E-state index is 5.14. The second-order valence-corrected chi connectivity index (χ2v) is 2.30. The van der Waals surface area contributed by atoms with Crippen molar-refractivity contribution in [2.75, 3.05) is 0 Å². The summed E-state index contributed by atoms with van der Waals surface area (Å²) in [5.74, 6) is 0.676. The van der Waals surface area contributed by atoms with Crippen LogP contribution in [0.15, 0.2) is 0 Å². The van der Waals surface area contributed by atoms with Crippen molar-refractivity contribution in [2.24, 2.45) is 5.92 Å². The fourth-order valence-electron chi connectivity index (χ4n) is 0.903. The minimum absolute atomic E-state index is 0.468. The molecule has 1 fully saturated rings. The monoisotopic (exact) mass is 99.1 g/mol. The van der Waals surface area contributed by atoms with Gasteiger partial charge in [0.25, 0.3) is 0 Å². The topological polar surface area (TPSA) is 9.23 Å². The zero-order valence-electron chi connectivity index (χ0n) is 4.85. The molecule has 2 atom stereocenters. The Balaban J connectivity index is 2.26. The van der Waals surface area contributed by atoms with E-state index in [9.17, 15) is 0 Å². The number of hydrogen-bond donors (Lipinski definition) is 0. The fourth-order valence-corrected chi connectivity index (χ4v) is 0.903. The second kappa shape index (κ2) is 1.83. The quantitative estimate of drug-likeness (QED) is 0.448. The highest BCUT2D eigenvalue weighted by molar-refractivity contribution is 4.74. The summed E-state index contributed by atoms with van der Waals surface area (Å²) in [6.07, 6.45) is 1.66. The van der Waals surface area contributed by atoms with Crippen LogP contribution in [0.4, 0.5) is 0 Å². The zero-order chi connectivity index (χ0) is 5.28. The van der Waals surface area contributed by atoms with E-state index in [4.69, 9.17) is 4.74 Å². The first-order valence-corrected chi connectivity index (χ1v) is 2.78. The van der Waals surface area contributed by atoms with Crippen LogP contribution in [0.3, 0.4) is 0 Å². The Morgan fingerprint density at radius 1 is 1.57 bits per heavy atom. The third-order valence-corrected chi connectivity index (χ3v) is 1.25. The molecule has 1 saturated heterocycles. The molecule has 1 radical (unpaired) electrons. The van der Waals surface area contributed by atoms with E-state index < -0.39 is 0 Å². The van der Waals surface area contributed by atoms with Crippen molar-refractivity contribution in [3.63, 3.8) is 0 Å². The molecule has 1 heteroatoms. The van der Waals surface area contributed by atoms with Crippen LogP contribution in [0.2, 0.25) is 0 Å². The molecular weight excluding hydrogens is 88.1 g/mol. The van der Waals surface area contributed by atoms with E-state index in [-0.39, 0.29) is 0 Å². The van der Waals surface area contributed by atoms with E-state index in [1.807, 2.05) is 6.61 Å². The lowest BCUT2D eigenvalue weighted by Gasteiger charge is -1.94. The van der Waals surface area contributed by atoms with Gasteiger partial charge in [-0.1, -0.05) is 6.92 Å². The lowest BCUT2D eigenvalue weighted by Crippen LogP contribution is -1.94. The van der Waals surface area contributed by atoms with Crippen LogP contribution in [0.25, 0.3) is 0 Å². The van der Waals surface area contributed by atoms with Crippen LogP contribution in [0, 0.1) is 12.5 Å². The van der Waals surface area contributed by atoms with Gasteiger partial charge >= 0.3 is 0 Å². The lowest BCUT2D eigenvalue weighted by atomic mass is 10.1. The lowest BCUT2D eigenvalue weighted by molar-refractivity contribution is 0.169. The average Bonchev–Trinajstić information content (AvgIpc) is 1.87. The highest BCUT2D eigenvalue weighted by Gasteiger charge is 2.17. The summed E-state index contributed by atoms with van der Waals surface area (Å²) >= 11 is 0. The first-order chi connectivity index (χ1) is 3.29. The van der Waals surface area contributed by atoms with Gasteiger partial charge in [0.15, 0.2) is 0 Å². The molecule has 7 heavy (non-hydrogen) atoms. The van der Waals surface area contributed by atoms with Crippen LogP contribution < -0.4 is 0 Å². The third kappa shape index (κ3) is 1.16. The van der Waals surface area contributed by atoms with Crippen molar-refractivity contribution >= 4 is 0 Å². The molecule has 0 aromatic carbocycles. The first-order valence-electron chi connectivity index (χ1n) is 2.78. The zero-order valence-corrected chi connectivity index (χ0v) is 4.85. The van der Waals surface area contributed by atoms with Crippen molar-refractivity contribution < 1.29 is 4.74 Å². The number of hydrogen-bond acceptors (Lipinski definition) is 1. The fraction of sp³-hybridized carbons (Fsp3) is 0.833. The van der Waals surface area contributed by atoms with E-state index in [0.717, 1.165) is 0 Å². The van der Waals surface area contributed by atoms with Crippen LogP contribution in [-0.4, -0.2) is 6.10 Å². The highest BCUT2D eigenvalue weighted by atomic mass is 16.5. The molecule has 1 rings (SSSR count). The molecule has 0 saturated carbocycles. The molecular formula is C6H11O. The third-order valence-electron chi connectivity index (χ3n) is 1.25. The molecule has 41 valence electrons. The Bertz CT molecular complexity index is 53.2.